The van der Waals surface area contributed by atoms with E-state index >= 15 is 0 Å². The largest absolute Gasteiger partial charge is 0.310 e. The minimum absolute atomic E-state index is 0.0300. The van der Waals surface area contributed by atoms with Crippen LogP contribution in [0.2, 0.25) is 0 Å². The summed E-state index contributed by atoms with van der Waals surface area (Å²) in [5.74, 6) is 0. The molecule has 0 spiro atoms. The van der Waals surface area contributed by atoms with E-state index in [2.05, 4.69) is 307 Å². The van der Waals surface area contributed by atoms with E-state index in [-0.39, 0.29) is 21.7 Å². The van der Waals surface area contributed by atoms with Crippen LogP contribution in [0.25, 0.3) is 44.3 Å². The van der Waals surface area contributed by atoms with Gasteiger partial charge in [-0.05, 0) is 206 Å². The summed E-state index contributed by atoms with van der Waals surface area (Å²) in [6.45, 7) is 42.6. The van der Waals surface area contributed by atoms with Gasteiger partial charge in [-0.25, -0.2) is 0 Å². The second kappa shape index (κ2) is 24.8. The first-order chi connectivity index (χ1) is 39.3. The summed E-state index contributed by atoms with van der Waals surface area (Å²) in [4.78, 5) is 4.87. The average molecular weight is 1080 g/mol. The maximum Gasteiger partial charge on any atom is 0.0468 e. The van der Waals surface area contributed by atoms with E-state index in [1.54, 1.807) is 0 Å². The van der Waals surface area contributed by atoms with Gasteiger partial charge in [-0.15, -0.1) is 0 Å². The number of anilines is 6. The third-order valence-electron chi connectivity index (χ3n) is 17.0. The Labute approximate surface area is 495 Å². The normalized spacial score (nSPS) is 16.3. The smallest absolute Gasteiger partial charge is 0.0468 e. The third kappa shape index (κ3) is 11.7. The molecule has 0 radical (unpaired) electrons. The summed E-state index contributed by atoms with van der Waals surface area (Å²) in [5, 5.41) is 4.87. The van der Waals surface area contributed by atoms with Crippen LogP contribution in [-0.2, 0) is 16.2 Å². The van der Waals surface area contributed by atoms with E-state index in [1.807, 2.05) is 27.7 Å². The first kappa shape index (κ1) is 60.4. The molecular formula is C80H92N2. The van der Waals surface area contributed by atoms with Crippen LogP contribution in [0.1, 0.15) is 165 Å². The number of allylic oxidation sites excluding steroid dienone is 10. The van der Waals surface area contributed by atoms with E-state index in [9.17, 15) is 0 Å². The Morgan fingerprint density at radius 1 is 0.537 bits per heavy atom. The fourth-order valence-electron chi connectivity index (χ4n) is 12.6. The van der Waals surface area contributed by atoms with E-state index in [1.165, 1.54) is 82.8 Å². The molecule has 0 saturated heterocycles. The molecule has 2 aliphatic carbocycles. The maximum atomic E-state index is 4.64. The Kier molecular flexibility index (Phi) is 18.3. The summed E-state index contributed by atoms with van der Waals surface area (Å²) in [6, 6.07) is 62.0. The predicted molar refractivity (Wildman–Crippen MR) is 364 cm³/mol. The minimum Gasteiger partial charge on any atom is -0.310 e. The molecule has 0 heterocycles. The lowest BCUT2D eigenvalue weighted by Gasteiger charge is -2.33. The Morgan fingerprint density at radius 3 is 1.51 bits per heavy atom. The molecule has 8 aromatic carbocycles. The van der Waals surface area contributed by atoms with Gasteiger partial charge in [0.25, 0.3) is 0 Å². The molecule has 0 aliphatic heterocycles. The molecule has 0 unspecified atom stereocenters. The third-order valence-corrected chi connectivity index (χ3v) is 17.0. The molecule has 422 valence electrons. The molecule has 2 aliphatic rings. The molecule has 10 rings (SSSR count). The standard InChI is InChI=1S/C76H80N2.2C2H6/c1-15-26-63-64-44-33-53(48-71(64)76(13,14)70(63)17-3)72-65-46-43-60(77(56-29-20-18-21-30-56)58-38-34-54(35-39-58)73(5,6)7)49-67(65)66(47-52-28-25-24-27-51(4)75(11,12)69(52)16-2)62-45-42-61(50-68(62)72)78(57-31-22-19-23-32-57)59-40-36-55(37-41-59)74(8,9)10;2*1-2/h15-16,18-24,26-27,29-50H,4,17,25,28H2,1-3,5-14H3;2*1-2H3/b26-15-,27-24-,52-47-,69-16+;;. The molecule has 0 aromatic heterocycles. The fourth-order valence-corrected chi connectivity index (χ4v) is 12.6. The maximum absolute atomic E-state index is 4.64. The summed E-state index contributed by atoms with van der Waals surface area (Å²) in [7, 11) is 0. The molecule has 0 fully saturated rings. The number of hydrogen-bond donors (Lipinski definition) is 0. The van der Waals surface area contributed by atoms with Crippen LogP contribution in [-0.4, -0.2) is 0 Å². The molecule has 0 bridgehead atoms. The highest BCUT2D eigenvalue weighted by atomic mass is 15.1. The van der Waals surface area contributed by atoms with Gasteiger partial charge in [0.1, 0.15) is 0 Å². The molecule has 0 N–H and O–H groups in total. The Bertz CT molecular complexity index is 3730. The lowest BCUT2D eigenvalue weighted by Crippen LogP contribution is -2.19. The lowest BCUT2D eigenvalue weighted by molar-refractivity contribution is 0.551. The first-order valence-electron chi connectivity index (χ1n) is 30.5. The highest BCUT2D eigenvalue weighted by Crippen LogP contribution is 2.53. The average Bonchev–Trinajstić information content (AvgIpc) is 1.60. The summed E-state index contributed by atoms with van der Waals surface area (Å²) in [6.07, 6.45) is 16.8. The van der Waals surface area contributed by atoms with E-state index < -0.39 is 0 Å². The molecule has 0 amide bonds. The molecular weight excluding hydrogens is 989 g/mol. The van der Waals surface area contributed by atoms with Crippen molar-refractivity contribution >= 4 is 67.3 Å². The predicted octanol–water partition coefficient (Wildman–Crippen LogP) is 24.5. The van der Waals surface area contributed by atoms with Crippen molar-refractivity contribution in [1.82, 2.24) is 0 Å². The van der Waals surface area contributed by atoms with Gasteiger partial charge in [-0.3, -0.25) is 0 Å². The van der Waals surface area contributed by atoms with Crippen molar-refractivity contribution in [2.45, 2.75) is 153 Å². The second-order valence-corrected chi connectivity index (χ2v) is 24.8. The van der Waals surface area contributed by atoms with Gasteiger partial charge in [0, 0.05) is 45.0 Å². The van der Waals surface area contributed by atoms with Crippen molar-refractivity contribution in [3.8, 4) is 11.1 Å². The molecule has 0 saturated carbocycles. The number of nitrogens with zero attached hydrogens (tertiary/aromatic N) is 2. The number of rotatable bonds is 10. The highest BCUT2D eigenvalue weighted by Gasteiger charge is 2.37. The van der Waals surface area contributed by atoms with Crippen LogP contribution in [0.3, 0.4) is 0 Å². The number of para-hydroxylation sites is 2. The van der Waals surface area contributed by atoms with Gasteiger partial charge in [0.05, 0.1) is 0 Å². The van der Waals surface area contributed by atoms with Crippen LogP contribution in [0.5, 0.6) is 0 Å². The van der Waals surface area contributed by atoms with E-state index in [4.69, 9.17) is 0 Å². The number of benzene rings is 8. The van der Waals surface area contributed by atoms with Crippen LogP contribution < -0.4 is 9.80 Å². The first-order valence-corrected chi connectivity index (χ1v) is 30.5. The Morgan fingerprint density at radius 2 is 1.02 bits per heavy atom. The Hall–Kier alpha value is -7.68. The molecule has 2 nitrogen and oxygen atoms in total. The van der Waals surface area contributed by atoms with Crippen LogP contribution >= 0.6 is 0 Å². The second-order valence-electron chi connectivity index (χ2n) is 24.8. The molecule has 82 heavy (non-hydrogen) atoms. The van der Waals surface area contributed by atoms with Gasteiger partial charge < -0.3 is 9.80 Å². The summed E-state index contributed by atoms with van der Waals surface area (Å²) in [5.41, 5.74) is 22.0. The summed E-state index contributed by atoms with van der Waals surface area (Å²) >= 11 is 0. The van der Waals surface area contributed by atoms with Crippen molar-refractivity contribution in [3.05, 3.63) is 251 Å². The quantitative estimate of drug-likeness (QED) is 0.126. The SMILES string of the molecule is C=C1/C=C\CCC(=C/c2c3cc(N(c4ccccc4)c4ccc(C(C)(C)C)cc4)ccc3c(-c3ccc4c(c3)C(C)(C)C(CC)=C4/C=C\C)c3cc(N(c4ccccc4)c4ccc(C(C)(C)C)cc4)ccc23)/C(=C\C)C1(C)C.CC.CC. The van der Waals surface area contributed by atoms with Crippen LogP contribution in [0, 0.1) is 5.41 Å². The highest BCUT2D eigenvalue weighted by molar-refractivity contribution is 6.19. The minimum atomic E-state index is -0.266. The van der Waals surface area contributed by atoms with Crippen LogP contribution in [0.4, 0.5) is 34.1 Å². The van der Waals surface area contributed by atoms with Gasteiger partial charge in [0.15, 0.2) is 0 Å². The topological polar surface area (TPSA) is 6.48 Å². The van der Waals surface area contributed by atoms with E-state index in [0.717, 1.165) is 59.0 Å². The molecule has 0 atom stereocenters. The van der Waals surface area contributed by atoms with Crippen molar-refractivity contribution in [2.24, 2.45) is 5.41 Å². The summed E-state index contributed by atoms with van der Waals surface area (Å²) < 4.78 is 0. The van der Waals surface area contributed by atoms with Crippen molar-refractivity contribution < 1.29 is 0 Å². The van der Waals surface area contributed by atoms with Gasteiger partial charge in [-0.2, -0.15) is 0 Å². The fraction of sp³-hybridized carbons (Fsp3) is 0.300. The molecule has 8 aromatic rings. The lowest BCUT2D eigenvalue weighted by atomic mass is 9.71. The van der Waals surface area contributed by atoms with Gasteiger partial charge in [0.2, 0.25) is 0 Å². The van der Waals surface area contributed by atoms with E-state index in [0.29, 0.717) is 0 Å². The van der Waals surface area contributed by atoms with Gasteiger partial charge >= 0.3 is 0 Å². The zero-order valence-electron chi connectivity index (χ0n) is 52.8. The monoisotopic (exact) mass is 1080 g/mol. The zero-order chi connectivity index (χ0) is 59.3. The van der Waals surface area contributed by atoms with Crippen molar-refractivity contribution in [1.29, 1.82) is 0 Å². The Balaban J connectivity index is 0.00000215. The van der Waals surface area contributed by atoms with Crippen LogP contribution in [0.15, 0.2) is 223 Å². The van der Waals surface area contributed by atoms with Crippen molar-refractivity contribution in [3.63, 3.8) is 0 Å². The number of hydrogen-bond acceptors (Lipinski definition) is 2. The van der Waals surface area contributed by atoms with Gasteiger partial charge in [-0.1, -0.05) is 237 Å². The zero-order valence-corrected chi connectivity index (χ0v) is 52.8. The number of fused-ring (bicyclic) bond motifs is 3. The van der Waals surface area contributed by atoms with Crippen molar-refractivity contribution in [2.75, 3.05) is 9.80 Å². The molecule has 2 heteroatoms.